The number of ether oxygens (including phenoxy) is 1. The Morgan fingerprint density at radius 2 is 1.90 bits per heavy atom. The van der Waals surface area contributed by atoms with Gasteiger partial charge in [-0.1, -0.05) is 24.3 Å². The van der Waals surface area contributed by atoms with E-state index in [-0.39, 0.29) is 30.7 Å². The SMILES string of the molecule is COCC1(C(=O)Nc2cccc(-c3nc4ccccc4[nH]3)c2)CCNCC1.Cl.Cl. The second-order valence-electron chi connectivity index (χ2n) is 7.10. The minimum atomic E-state index is -0.477. The van der Waals surface area contributed by atoms with Crippen LogP contribution in [0.5, 0.6) is 0 Å². The number of benzene rings is 2. The molecule has 1 amide bonds. The van der Waals surface area contributed by atoms with Gasteiger partial charge in [0.15, 0.2) is 0 Å². The highest BCUT2D eigenvalue weighted by molar-refractivity contribution is 5.96. The molecule has 1 saturated heterocycles. The summed E-state index contributed by atoms with van der Waals surface area (Å²) in [7, 11) is 1.65. The fourth-order valence-corrected chi connectivity index (χ4v) is 3.72. The zero-order valence-corrected chi connectivity index (χ0v) is 17.9. The lowest BCUT2D eigenvalue weighted by atomic mass is 9.78. The van der Waals surface area contributed by atoms with Crippen molar-refractivity contribution < 1.29 is 9.53 Å². The van der Waals surface area contributed by atoms with Gasteiger partial charge in [-0.05, 0) is 50.2 Å². The van der Waals surface area contributed by atoms with Gasteiger partial charge in [-0.3, -0.25) is 4.79 Å². The second-order valence-corrected chi connectivity index (χ2v) is 7.10. The van der Waals surface area contributed by atoms with Gasteiger partial charge < -0.3 is 20.4 Å². The molecule has 3 aromatic rings. The molecule has 156 valence electrons. The quantitative estimate of drug-likeness (QED) is 0.563. The number of methoxy groups -OCH3 is 1. The zero-order chi connectivity index (χ0) is 18.7. The highest BCUT2D eigenvalue weighted by Crippen LogP contribution is 2.31. The summed E-state index contributed by atoms with van der Waals surface area (Å²) in [6.07, 6.45) is 1.55. The Morgan fingerprint density at radius 3 is 2.62 bits per heavy atom. The van der Waals surface area contributed by atoms with Crippen molar-refractivity contribution in [3.8, 4) is 11.4 Å². The first-order chi connectivity index (χ1) is 13.2. The molecule has 2 aromatic carbocycles. The Kier molecular flexibility index (Phi) is 8.05. The van der Waals surface area contributed by atoms with E-state index in [1.807, 2.05) is 48.5 Å². The fourth-order valence-electron chi connectivity index (χ4n) is 3.72. The van der Waals surface area contributed by atoms with Gasteiger partial charge in [0, 0.05) is 18.4 Å². The van der Waals surface area contributed by atoms with Crippen LogP contribution in [0.3, 0.4) is 0 Å². The van der Waals surface area contributed by atoms with E-state index in [2.05, 4.69) is 20.6 Å². The van der Waals surface area contributed by atoms with Crippen LogP contribution in [-0.4, -0.2) is 42.7 Å². The Morgan fingerprint density at radius 1 is 1.14 bits per heavy atom. The zero-order valence-electron chi connectivity index (χ0n) is 16.2. The number of aromatic nitrogens is 2. The molecule has 8 heteroatoms. The van der Waals surface area contributed by atoms with Gasteiger partial charge in [-0.25, -0.2) is 4.98 Å². The normalized spacial score (nSPS) is 15.2. The van der Waals surface area contributed by atoms with Crippen molar-refractivity contribution in [1.82, 2.24) is 15.3 Å². The molecule has 1 aliphatic heterocycles. The number of halogens is 2. The number of H-pyrrole nitrogens is 1. The highest BCUT2D eigenvalue weighted by Gasteiger charge is 2.39. The number of imidazole rings is 1. The van der Waals surface area contributed by atoms with Crippen LogP contribution in [0.25, 0.3) is 22.4 Å². The minimum absolute atomic E-state index is 0. The van der Waals surface area contributed by atoms with E-state index in [1.54, 1.807) is 7.11 Å². The fraction of sp³-hybridized carbons (Fsp3) is 0.333. The van der Waals surface area contributed by atoms with Crippen LogP contribution in [0.2, 0.25) is 0 Å². The highest BCUT2D eigenvalue weighted by atomic mass is 35.5. The van der Waals surface area contributed by atoms with E-state index in [0.717, 1.165) is 54.0 Å². The van der Waals surface area contributed by atoms with E-state index in [0.29, 0.717) is 6.61 Å². The number of fused-ring (bicyclic) bond motifs is 1. The van der Waals surface area contributed by atoms with E-state index in [9.17, 15) is 4.79 Å². The standard InChI is InChI=1S/C21H24N4O2.2ClH/c1-27-14-21(9-11-22-12-10-21)20(26)23-16-6-4-5-15(13-16)19-24-17-7-2-3-8-18(17)25-19;;/h2-8,13,22H,9-12,14H2,1H3,(H,23,26)(H,24,25);2*1H. The summed E-state index contributed by atoms with van der Waals surface area (Å²) >= 11 is 0. The predicted molar refractivity (Wildman–Crippen MR) is 121 cm³/mol. The summed E-state index contributed by atoms with van der Waals surface area (Å²) in [5, 5.41) is 6.40. The van der Waals surface area contributed by atoms with E-state index in [1.165, 1.54) is 0 Å². The maximum absolute atomic E-state index is 13.0. The van der Waals surface area contributed by atoms with Gasteiger partial charge in [0.2, 0.25) is 5.91 Å². The molecule has 6 nitrogen and oxygen atoms in total. The molecule has 1 aromatic heterocycles. The molecule has 2 heterocycles. The van der Waals surface area contributed by atoms with E-state index >= 15 is 0 Å². The number of hydrogen-bond acceptors (Lipinski definition) is 4. The van der Waals surface area contributed by atoms with Crippen molar-refractivity contribution in [2.24, 2.45) is 5.41 Å². The summed E-state index contributed by atoms with van der Waals surface area (Å²) < 4.78 is 5.37. The van der Waals surface area contributed by atoms with Crippen LogP contribution in [0.1, 0.15) is 12.8 Å². The van der Waals surface area contributed by atoms with Crippen molar-refractivity contribution in [2.75, 3.05) is 32.1 Å². The lowest BCUT2D eigenvalue weighted by Crippen LogP contribution is -2.47. The molecular formula is C21H26Cl2N4O2. The Balaban J connectivity index is 0.00000150. The number of para-hydroxylation sites is 2. The Bertz CT molecular complexity index is 916. The number of rotatable bonds is 5. The van der Waals surface area contributed by atoms with Crippen molar-refractivity contribution in [1.29, 1.82) is 0 Å². The molecule has 1 aliphatic rings. The first-order valence-electron chi connectivity index (χ1n) is 9.26. The lowest BCUT2D eigenvalue weighted by molar-refractivity contribution is -0.130. The van der Waals surface area contributed by atoms with Crippen LogP contribution in [0.15, 0.2) is 48.5 Å². The van der Waals surface area contributed by atoms with E-state index < -0.39 is 5.41 Å². The monoisotopic (exact) mass is 436 g/mol. The molecule has 0 aliphatic carbocycles. The number of hydrogen-bond donors (Lipinski definition) is 3. The van der Waals surface area contributed by atoms with Gasteiger partial charge in [-0.15, -0.1) is 24.8 Å². The maximum atomic E-state index is 13.0. The summed E-state index contributed by atoms with van der Waals surface area (Å²) in [5.74, 6) is 0.813. The number of nitrogens with one attached hydrogen (secondary N) is 3. The maximum Gasteiger partial charge on any atom is 0.233 e. The average Bonchev–Trinajstić information content (AvgIpc) is 3.13. The lowest BCUT2D eigenvalue weighted by Gasteiger charge is -2.35. The molecule has 3 N–H and O–H groups in total. The molecule has 0 radical (unpaired) electrons. The number of carbonyl (C=O) groups is 1. The van der Waals surface area contributed by atoms with Gasteiger partial charge in [0.25, 0.3) is 0 Å². The largest absolute Gasteiger partial charge is 0.384 e. The number of amides is 1. The average molecular weight is 437 g/mol. The van der Waals surface area contributed by atoms with Crippen molar-refractivity contribution in [2.45, 2.75) is 12.8 Å². The summed E-state index contributed by atoms with van der Waals surface area (Å²) in [6.45, 7) is 2.09. The molecule has 1 fully saturated rings. The van der Waals surface area contributed by atoms with Crippen molar-refractivity contribution in [3.63, 3.8) is 0 Å². The number of nitrogens with zero attached hydrogens (tertiary/aromatic N) is 1. The minimum Gasteiger partial charge on any atom is -0.384 e. The van der Waals surface area contributed by atoms with Crippen molar-refractivity contribution in [3.05, 3.63) is 48.5 Å². The van der Waals surface area contributed by atoms with Crippen LogP contribution in [-0.2, 0) is 9.53 Å². The van der Waals surface area contributed by atoms with Crippen LogP contribution in [0.4, 0.5) is 5.69 Å². The summed E-state index contributed by atoms with van der Waals surface area (Å²) in [6, 6.07) is 15.7. The Labute approximate surface area is 182 Å². The third-order valence-corrected chi connectivity index (χ3v) is 5.25. The molecule has 0 unspecified atom stereocenters. The summed E-state index contributed by atoms with van der Waals surface area (Å²) in [5.41, 5.74) is 3.16. The molecule has 0 atom stereocenters. The molecule has 0 saturated carbocycles. The number of aromatic amines is 1. The van der Waals surface area contributed by atoms with Gasteiger partial charge in [0.1, 0.15) is 5.82 Å². The van der Waals surface area contributed by atoms with Crippen LogP contribution < -0.4 is 10.6 Å². The number of carbonyl (C=O) groups excluding carboxylic acids is 1. The van der Waals surface area contributed by atoms with Gasteiger partial charge in [0.05, 0.1) is 23.1 Å². The van der Waals surface area contributed by atoms with Crippen molar-refractivity contribution >= 4 is 47.4 Å². The number of piperidine rings is 1. The Hall–Kier alpha value is -2.12. The molecule has 0 bridgehead atoms. The van der Waals surface area contributed by atoms with E-state index in [4.69, 9.17) is 4.74 Å². The van der Waals surface area contributed by atoms with Gasteiger partial charge >= 0.3 is 0 Å². The topological polar surface area (TPSA) is 79.0 Å². The smallest absolute Gasteiger partial charge is 0.233 e. The molecule has 0 spiro atoms. The third kappa shape index (κ3) is 4.90. The molecule has 4 rings (SSSR count). The molecule has 29 heavy (non-hydrogen) atoms. The van der Waals surface area contributed by atoms with Crippen LogP contribution >= 0.6 is 24.8 Å². The predicted octanol–water partition coefficient (Wildman–Crippen LogP) is 4.03. The van der Waals surface area contributed by atoms with Crippen LogP contribution in [0, 0.1) is 5.41 Å². The third-order valence-electron chi connectivity index (χ3n) is 5.25. The first kappa shape index (κ1) is 23.2. The molecular weight excluding hydrogens is 411 g/mol. The first-order valence-corrected chi connectivity index (χ1v) is 9.26. The number of anilines is 1. The van der Waals surface area contributed by atoms with Gasteiger partial charge in [-0.2, -0.15) is 0 Å². The second kappa shape index (κ2) is 10.1. The summed E-state index contributed by atoms with van der Waals surface area (Å²) in [4.78, 5) is 21.0.